The molecule has 2 heterocycles. The highest BCUT2D eigenvalue weighted by atomic mass is 15.0. The molecule has 4 heteroatoms. The summed E-state index contributed by atoms with van der Waals surface area (Å²) in [6.07, 6.45) is 4.67. The normalized spacial score (nSPS) is 13.2. The minimum atomic E-state index is 0.633. The van der Waals surface area contributed by atoms with Crippen molar-refractivity contribution >= 4 is 38.0 Å². The molecule has 0 radical (unpaired) electrons. The van der Waals surface area contributed by atoms with Crippen LogP contribution < -0.4 is 0 Å². The molecule has 0 saturated carbocycles. The Labute approximate surface area is 344 Å². The number of hydrogen-bond acceptors (Lipinski definition) is 4. The van der Waals surface area contributed by atoms with E-state index in [4.69, 9.17) is 19.9 Å². The fraction of sp³-hybridized carbons (Fsp3) is 0.0909. The Morgan fingerprint density at radius 3 is 1.34 bits per heavy atom. The molecule has 0 N–H and O–H groups in total. The zero-order chi connectivity index (χ0) is 39.1. The van der Waals surface area contributed by atoms with Crippen LogP contribution in [-0.2, 0) is 0 Å². The van der Waals surface area contributed by atoms with E-state index in [0.29, 0.717) is 17.5 Å². The van der Waals surface area contributed by atoms with Crippen LogP contribution in [0.5, 0.6) is 0 Å². The van der Waals surface area contributed by atoms with Crippen LogP contribution in [-0.4, -0.2) is 27.2 Å². The van der Waals surface area contributed by atoms with Gasteiger partial charge in [-0.3, -0.25) is 4.99 Å². The van der Waals surface area contributed by atoms with Gasteiger partial charge in [0.05, 0.1) is 0 Å². The van der Waals surface area contributed by atoms with Crippen LogP contribution in [0.2, 0.25) is 0 Å². The van der Waals surface area contributed by atoms with Gasteiger partial charge in [-0.2, -0.15) is 0 Å². The van der Waals surface area contributed by atoms with Crippen molar-refractivity contribution in [2.24, 2.45) is 4.99 Å². The molecule has 0 amide bonds. The molecule has 0 saturated heterocycles. The van der Waals surface area contributed by atoms with Crippen LogP contribution in [0.25, 0.3) is 99.9 Å². The molecule has 59 heavy (non-hydrogen) atoms. The Morgan fingerprint density at radius 1 is 0.288 bits per heavy atom. The molecule has 0 bridgehead atoms. The molecule has 4 nitrogen and oxygen atoms in total. The predicted molar refractivity (Wildman–Crippen MR) is 246 cm³/mol. The van der Waals surface area contributed by atoms with E-state index < -0.39 is 0 Å². The summed E-state index contributed by atoms with van der Waals surface area (Å²) in [4.78, 5) is 20.4. The predicted octanol–water partition coefficient (Wildman–Crippen LogP) is 14.1. The average Bonchev–Trinajstić information content (AvgIpc) is 3.61. The third-order valence-corrected chi connectivity index (χ3v) is 11.8. The highest BCUT2D eigenvalue weighted by Gasteiger charge is 2.17. The smallest absolute Gasteiger partial charge is 0.164 e. The SMILES string of the molecule is c1ccc(-c2cc(-c3ccc(C4=NCCCCC4)cc3)cc(-c3nc(-c4ccccc4)nc(-c4ccc(-c5cc6ccc7cccc8ccc(c5)c6c78)cc4)n3)c2)cc1. The van der Waals surface area contributed by atoms with E-state index in [9.17, 15) is 0 Å². The second kappa shape index (κ2) is 14.9. The molecule has 10 aromatic rings. The number of aliphatic imine (C=N–C) groups is 1. The monoisotopic (exact) mass is 756 g/mol. The first-order valence-corrected chi connectivity index (χ1v) is 20.7. The lowest BCUT2D eigenvalue weighted by molar-refractivity contribution is 0.731. The average molecular weight is 757 g/mol. The van der Waals surface area contributed by atoms with Gasteiger partial charge in [-0.05, 0) is 121 Å². The van der Waals surface area contributed by atoms with Crippen LogP contribution in [0, 0.1) is 0 Å². The van der Waals surface area contributed by atoms with Crippen molar-refractivity contribution in [2.75, 3.05) is 6.54 Å². The van der Waals surface area contributed by atoms with Crippen molar-refractivity contribution in [3.05, 3.63) is 188 Å². The molecule has 280 valence electrons. The summed E-state index contributed by atoms with van der Waals surface area (Å²) in [5, 5.41) is 7.73. The Balaban J connectivity index is 1.00. The minimum Gasteiger partial charge on any atom is -0.289 e. The maximum absolute atomic E-state index is 5.21. The van der Waals surface area contributed by atoms with Gasteiger partial charge < -0.3 is 0 Å². The number of rotatable bonds is 7. The van der Waals surface area contributed by atoms with Gasteiger partial charge in [0.25, 0.3) is 0 Å². The van der Waals surface area contributed by atoms with Gasteiger partial charge >= 0.3 is 0 Å². The van der Waals surface area contributed by atoms with Gasteiger partial charge in [0.1, 0.15) is 0 Å². The maximum atomic E-state index is 5.21. The molecule has 9 aromatic carbocycles. The Bertz CT molecular complexity index is 3090. The fourth-order valence-corrected chi connectivity index (χ4v) is 8.77. The maximum Gasteiger partial charge on any atom is 0.164 e. The highest BCUT2D eigenvalue weighted by molar-refractivity contribution is 6.23. The third kappa shape index (κ3) is 6.73. The van der Waals surface area contributed by atoms with Crippen LogP contribution in [0.4, 0.5) is 0 Å². The molecule has 0 spiro atoms. The van der Waals surface area contributed by atoms with E-state index in [-0.39, 0.29) is 0 Å². The van der Waals surface area contributed by atoms with Crippen LogP contribution in [0.15, 0.2) is 187 Å². The largest absolute Gasteiger partial charge is 0.289 e. The van der Waals surface area contributed by atoms with Crippen LogP contribution in [0.1, 0.15) is 31.2 Å². The van der Waals surface area contributed by atoms with Crippen molar-refractivity contribution in [1.82, 2.24) is 15.0 Å². The number of nitrogens with zero attached hydrogens (tertiary/aromatic N) is 4. The van der Waals surface area contributed by atoms with Crippen molar-refractivity contribution in [2.45, 2.75) is 25.7 Å². The zero-order valence-electron chi connectivity index (χ0n) is 32.6. The van der Waals surface area contributed by atoms with Gasteiger partial charge in [0, 0.05) is 28.9 Å². The second-order valence-electron chi connectivity index (χ2n) is 15.6. The zero-order valence-corrected chi connectivity index (χ0v) is 32.6. The molecule has 1 aliphatic heterocycles. The first-order valence-electron chi connectivity index (χ1n) is 20.7. The molecule has 0 fully saturated rings. The third-order valence-electron chi connectivity index (χ3n) is 11.8. The summed E-state index contributed by atoms with van der Waals surface area (Å²) in [5.74, 6) is 1.91. The quantitative estimate of drug-likeness (QED) is 0.152. The molecule has 1 aromatic heterocycles. The molecule has 11 rings (SSSR count). The van der Waals surface area contributed by atoms with Gasteiger partial charge in [-0.25, -0.2) is 15.0 Å². The van der Waals surface area contributed by atoms with Crippen LogP contribution in [0.3, 0.4) is 0 Å². The number of benzene rings is 9. The summed E-state index contributed by atoms with van der Waals surface area (Å²) in [7, 11) is 0. The summed E-state index contributed by atoms with van der Waals surface area (Å²) < 4.78 is 0. The fourth-order valence-electron chi connectivity index (χ4n) is 8.77. The lowest BCUT2D eigenvalue weighted by Gasteiger charge is -2.14. The lowest BCUT2D eigenvalue weighted by Crippen LogP contribution is -2.01. The first-order chi connectivity index (χ1) is 29.2. The topological polar surface area (TPSA) is 51.0 Å². The van der Waals surface area contributed by atoms with E-state index in [1.54, 1.807) is 0 Å². The van der Waals surface area contributed by atoms with Crippen molar-refractivity contribution < 1.29 is 0 Å². The Morgan fingerprint density at radius 2 is 0.729 bits per heavy atom. The minimum absolute atomic E-state index is 0.633. The van der Waals surface area contributed by atoms with Crippen molar-refractivity contribution in [3.63, 3.8) is 0 Å². The van der Waals surface area contributed by atoms with Crippen molar-refractivity contribution in [1.29, 1.82) is 0 Å². The van der Waals surface area contributed by atoms with Crippen LogP contribution >= 0.6 is 0 Å². The van der Waals surface area contributed by atoms with Gasteiger partial charge in [0.15, 0.2) is 17.5 Å². The van der Waals surface area contributed by atoms with Crippen molar-refractivity contribution in [3.8, 4) is 67.5 Å². The standard InChI is InChI=1S/C55H40N4/c1-4-11-36(12-5-1)47-33-48(37-18-22-39(23-19-37)50-17-8-3-9-30-56-50)35-49(34-47)55-58-53(42-13-6-2-7-14-42)57-54(59-55)43-26-20-38(21-27-43)46-31-44-28-24-40-15-10-16-41-25-29-45(32-46)52(44)51(40)41/h1-2,4-7,10-16,18-29,31-35H,3,8-9,17,30H2. The Kier molecular flexibility index (Phi) is 8.81. The van der Waals surface area contributed by atoms with E-state index in [0.717, 1.165) is 57.5 Å². The Hall–Kier alpha value is -7.30. The number of hydrogen-bond donors (Lipinski definition) is 0. The lowest BCUT2D eigenvalue weighted by atomic mass is 9.91. The highest BCUT2D eigenvalue weighted by Crippen LogP contribution is 2.38. The van der Waals surface area contributed by atoms with Gasteiger partial charge in [-0.15, -0.1) is 0 Å². The second-order valence-corrected chi connectivity index (χ2v) is 15.6. The molecule has 0 unspecified atom stereocenters. The summed E-state index contributed by atoms with van der Waals surface area (Å²) in [5.41, 5.74) is 12.1. The summed E-state index contributed by atoms with van der Waals surface area (Å²) in [6, 6.07) is 65.2. The molecule has 0 atom stereocenters. The molecular formula is C55H40N4. The van der Waals surface area contributed by atoms with Gasteiger partial charge in [-0.1, -0.05) is 158 Å². The molecular weight excluding hydrogens is 717 g/mol. The van der Waals surface area contributed by atoms with E-state index in [1.807, 2.05) is 18.2 Å². The van der Waals surface area contributed by atoms with E-state index in [1.165, 1.54) is 68.4 Å². The summed E-state index contributed by atoms with van der Waals surface area (Å²) >= 11 is 0. The van der Waals surface area contributed by atoms with E-state index >= 15 is 0 Å². The molecule has 1 aliphatic rings. The molecule has 0 aliphatic carbocycles. The number of aromatic nitrogens is 3. The van der Waals surface area contributed by atoms with Gasteiger partial charge in [0.2, 0.25) is 0 Å². The first kappa shape index (κ1) is 34.9. The summed E-state index contributed by atoms with van der Waals surface area (Å²) in [6.45, 7) is 0.921. The van der Waals surface area contributed by atoms with E-state index in [2.05, 4.69) is 164 Å².